The lowest BCUT2D eigenvalue weighted by atomic mass is 10.3. The van der Waals surface area contributed by atoms with E-state index < -0.39 is 0 Å². The van der Waals surface area contributed by atoms with E-state index in [9.17, 15) is 5.11 Å². The topological polar surface area (TPSA) is 60.4 Å². The SMILES string of the molecule is Nc1c(O)ccn1Oc1ccccc1. The predicted molar refractivity (Wildman–Crippen MR) is 53.0 cm³/mol. The Morgan fingerprint density at radius 1 is 1.14 bits per heavy atom. The molecule has 0 fully saturated rings. The van der Waals surface area contributed by atoms with Crippen molar-refractivity contribution in [2.45, 2.75) is 0 Å². The third-order valence-corrected chi connectivity index (χ3v) is 1.81. The van der Waals surface area contributed by atoms with Crippen molar-refractivity contribution in [3.63, 3.8) is 0 Å². The zero-order valence-corrected chi connectivity index (χ0v) is 7.42. The van der Waals surface area contributed by atoms with Crippen molar-refractivity contribution >= 4 is 5.82 Å². The Morgan fingerprint density at radius 3 is 2.43 bits per heavy atom. The molecule has 0 aliphatic rings. The van der Waals surface area contributed by atoms with E-state index in [1.165, 1.54) is 10.8 Å². The van der Waals surface area contributed by atoms with Crippen LogP contribution in [-0.2, 0) is 0 Å². The molecule has 0 amide bonds. The number of aromatic hydroxyl groups is 1. The van der Waals surface area contributed by atoms with Crippen LogP contribution >= 0.6 is 0 Å². The summed E-state index contributed by atoms with van der Waals surface area (Å²) in [4.78, 5) is 5.36. The summed E-state index contributed by atoms with van der Waals surface area (Å²) in [7, 11) is 0. The number of hydrogen-bond acceptors (Lipinski definition) is 3. The summed E-state index contributed by atoms with van der Waals surface area (Å²) in [6, 6.07) is 10.7. The average Bonchev–Trinajstić information content (AvgIpc) is 2.52. The van der Waals surface area contributed by atoms with Gasteiger partial charge in [-0.05, 0) is 12.1 Å². The van der Waals surface area contributed by atoms with E-state index >= 15 is 0 Å². The summed E-state index contributed by atoms with van der Waals surface area (Å²) in [6.07, 6.45) is 1.55. The molecule has 3 N–H and O–H groups in total. The minimum Gasteiger partial charge on any atom is -0.504 e. The van der Waals surface area contributed by atoms with Gasteiger partial charge in [-0.3, -0.25) is 0 Å². The van der Waals surface area contributed by atoms with Gasteiger partial charge in [0.1, 0.15) is 0 Å². The van der Waals surface area contributed by atoms with Gasteiger partial charge in [-0.1, -0.05) is 18.2 Å². The first-order valence-corrected chi connectivity index (χ1v) is 4.16. The normalized spacial score (nSPS) is 10.0. The lowest BCUT2D eigenvalue weighted by molar-refractivity contribution is 0.222. The molecule has 4 nitrogen and oxygen atoms in total. The standard InChI is InChI=1S/C10H10N2O2/c11-10-9(13)6-7-12(10)14-8-4-2-1-3-5-8/h1-7,13H,11H2. The van der Waals surface area contributed by atoms with Gasteiger partial charge >= 0.3 is 0 Å². The Bertz CT molecular complexity index is 423. The second kappa shape index (κ2) is 3.33. The largest absolute Gasteiger partial charge is 0.504 e. The number of hydrogen-bond donors (Lipinski definition) is 2. The van der Waals surface area contributed by atoms with Gasteiger partial charge in [0.05, 0.1) is 6.20 Å². The Labute approximate surface area is 81.1 Å². The third kappa shape index (κ3) is 1.50. The summed E-state index contributed by atoms with van der Waals surface area (Å²) in [5.41, 5.74) is 5.54. The van der Waals surface area contributed by atoms with E-state index in [1.54, 1.807) is 18.3 Å². The Morgan fingerprint density at radius 2 is 1.86 bits per heavy atom. The van der Waals surface area contributed by atoms with Crippen LogP contribution in [0.15, 0.2) is 42.6 Å². The molecule has 0 aliphatic carbocycles. The summed E-state index contributed by atoms with van der Waals surface area (Å²) in [6.45, 7) is 0. The van der Waals surface area contributed by atoms with E-state index in [-0.39, 0.29) is 11.6 Å². The lowest BCUT2D eigenvalue weighted by Gasteiger charge is -2.06. The molecule has 14 heavy (non-hydrogen) atoms. The van der Waals surface area contributed by atoms with Crippen molar-refractivity contribution in [2.75, 3.05) is 5.73 Å². The van der Waals surface area contributed by atoms with Crippen LogP contribution in [-0.4, -0.2) is 9.84 Å². The molecule has 0 radical (unpaired) electrons. The van der Waals surface area contributed by atoms with E-state index in [1.807, 2.05) is 18.2 Å². The number of nitrogens with two attached hydrogens (primary N) is 1. The van der Waals surface area contributed by atoms with Gasteiger partial charge in [-0.2, -0.15) is 4.73 Å². The van der Waals surface area contributed by atoms with Crippen LogP contribution < -0.4 is 10.6 Å². The average molecular weight is 190 g/mol. The Hall–Kier alpha value is -2.10. The maximum Gasteiger partial charge on any atom is 0.182 e. The lowest BCUT2D eigenvalue weighted by Crippen LogP contribution is -2.06. The number of para-hydroxylation sites is 1. The van der Waals surface area contributed by atoms with Crippen LogP contribution in [0.2, 0.25) is 0 Å². The Kier molecular flexibility index (Phi) is 2.02. The smallest absolute Gasteiger partial charge is 0.182 e. The molecule has 0 saturated carbocycles. The summed E-state index contributed by atoms with van der Waals surface area (Å²) in [5, 5.41) is 9.19. The van der Waals surface area contributed by atoms with Gasteiger partial charge in [-0.15, -0.1) is 0 Å². The Balaban J connectivity index is 2.23. The third-order valence-electron chi connectivity index (χ3n) is 1.81. The first-order chi connectivity index (χ1) is 6.77. The highest BCUT2D eigenvalue weighted by Crippen LogP contribution is 2.21. The van der Waals surface area contributed by atoms with E-state index in [4.69, 9.17) is 10.6 Å². The number of benzene rings is 1. The van der Waals surface area contributed by atoms with Gasteiger partial charge < -0.3 is 15.7 Å². The van der Waals surface area contributed by atoms with Crippen LogP contribution in [0.1, 0.15) is 0 Å². The molecule has 4 heteroatoms. The van der Waals surface area contributed by atoms with Gasteiger partial charge in [0.25, 0.3) is 0 Å². The van der Waals surface area contributed by atoms with E-state index in [0.717, 1.165) is 0 Å². The molecule has 1 aromatic carbocycles. The van der Waals surface area contributed by atoms with Crippen molar-refractivity contribution in [3.05, 3.63) is 42.6 Å². The monoisotopic (exact) mass is 190 g/mol. The fourth-order valence-corrected chi connectivity index (χ4v) is 1.09. The molecule has 0 bridgehead atoms. The minimum atomic E-state index is 0.0148. The van der Waals surface area contributed by atoms with E-state index in [2.05, 4.69) is 0 Å². The number of aromatic nitrogens is 1. The summed E-state index contributed by atoms with van der Waals surface area (Å²) < 4.78 is 1.31. The highest BCUT2D eigenvalue weighted by atomic mass is 16.7. The number of anilines is 1. The van der Waals surface area contributed by atoms with Crippen molar-refractivity contribution in [2.24, 2.45) is 0 Å². The van der Waals surface area contributed by atoms with Gasteiger partial charge in [-0.25, -0.2) is 0 Å². The fraction of sp³-hybridized carbons (Fsp3) is 0. The number of nitrogen functional groups attached to an aromatic ring is 1. The van der Waals surface area contributed by atoms with Crippen molar-refractivity contribution in [3.8, 4) is 11.5 Å². The van der Waals surface area contributed by atoms with Gasteiger partial charge in [0.2, 0.25) is 0 Å². The molecule has 2 aromatic rings. The van der Waals surface area contributed by atoms with Crippen molar-refractivity contribution in [1.82, 2.24) is 4.73 Å². The summed E-state index contributed by atoms with van der Waals surface area (Å²) in [5.74, 6) is 0.865. The van der Waals surface area contributed by atoms with Crippen LogP contribution in [0.25, 0.3) is 0 Å². The zero-order valence-electron chi connectivity index (χ0n) is 7.42. The molecule has 1 heterocycles. The first kappa shape index (κ1) is 8.50. The van der Waals surface area contributed by atoms with E-state index in [0.29, 0.717) is 5.75 Å². The van der Waals surface area contributed by atoms with Crippen LogP contribution in [0.3, 0.4) is 0 Å². The molecule has 0 spiro atoms. The van der Waals surface area contributed by atoms with Crippen LogP contribution in [0.4, 0.5) is 5.82 Å². The predicted octanol–water partition coefficient (Wildman–Crippen LogP) is 1.62. The molecule has 0 unspecified atom stereocenters. The second-order valence-corrected chi connectivity index (χ2v) is 2.82. The van der Waals surface area contributed by atoms with Crippen molar-refractivity contribution < 1.29 is 9.94 Å². The van der Waals surface area contributed by atoms with Crippen LogP contribution in [0.5, 0.6) is 11.5 Å². The molecule has 0 aliphatic heterocycles. The molecule has 1 aromatic heterocycles. The molecule has 0 saturated heterocycles. The maximum atomic E-state index is 9.19. The molecular formula is C10H10N2O2. The number of rotatable bonds is 2. The quantitative estimate of drug-likeness (QED) is 0.756. The van der Waals surface area contributed by atoms with Crippen LogP contribution in [0, 0.1) is 0 Å². The highest BCUT2D eigenvalue weighted by Gasteiger charge is 2.04. The second-order valence-electron chi connectivity index (χ2n) is 2.82. The van der Waals surface area contributed by atoms with Gasteiger partial charge in [0.15, 0.2) is 17.3 Å². The molecular weight excluding hydrogens is 180 g/mol. The minimum absolute atomic E-state index is 0.0148. The fourth-order valence-electron chi connectivity index (χ4n) is 1.09. The van der Waals surface area contributed by atoms with Gasteiger partial charge in [0, 0.05) is 6.07 Å². The summed E-state index contributed by atoms with van der Waals surface area (Å²) >= 11 is 0. The highest BCUT2D eigenvalue weighted by molar-refractivity contribution is 5.46. The van der Waals surface area contributed by atoms with Crippen molar-refractivity contribution in [1.29, 1.82) is 0 Å². The molecule has 72 valence electrons. The number of nitrogens with zero attached hydrogens (tertiary/aromatic N) is 1. The molecule has 2 rings (SSSR count). The molecule has 0 atom stereocenters. The first-order valence-electron chi connectivity index (χ1n) is 4.16. The zero-order chi connectivity index (χ0) is 9.97. The maximum absolute atomic E-state index is 9.19.